The molecule has 0 fully saturated rings. The number of nitrogens with one attached hydrogen (secondary N) is 1. The normalized spacial score (nSPS) is 10.9. The molecule has 1 amide bonds. The van der Waals surface area contributed by atoms with Gasteiger partial charge in [-0.3, -0.25) is 9.36 Å². The molecule has 2 aromatic heterocycles. The Kier molecular flexibility index (Phi) is 4.63. The molecule has 0 aliphatic rings. The molecule has 0 aliphatic heterocycles. The van der Waals surface area contributed by atoms with Gasteiger partial charge in [0, 0.05) is 12.7 Å². The van der Waals surface area contributed by atoms with Gasteiger partial charge in [-0.1, -0.05) is 24.3 Å². The van der Waals surface area contributed by atoms with Crippen molar-refractivity contribution >= 4 is 22.6 Å². The number of aromatic nitrogens is 3. The number of rotatable bonds is 5. The molecule has 0 radical (unpaired) electrons. The predicted octanol–water partition coefficient (Wildman–Crippen LogP) is 3.82. The van der Waals surface area contributed by atoms with Crippen LogP contribution in [0.1, 0.15) is 15.9 Å². The molecule has 0 bridgehead atoms. The zero-order valence-electron chi connectivity index (χ0n) is 14.8. The van der Waals surface area contributed by atoms with E-state index in [1.807, 2.05) is 59.2 Å². The molecule has 0 spiro atoms. The van der Waals surface area contributed by atoms with Gasteiger partial charge in [0.15, 0.2) is 0 Å². The van der Waals surface area contributed by atoms with Crippen LogP contribution in [0, 0.1) is 0 Å². The average Bonchev–Trinajstić information content (AvgIpc) is 3.13. The number of anilines is 1. The number of nitrogens with zero attached hydrogens (tertiary/aromatic N) is 3. The smallest absolute Gasteiger partial charge is 0.255 e. The second-order valence-electron chi connectivity index (χ2n) is 6.10. The van der Waals surface area contributed by atoms with E-state index >= 15 is 0 Å². The van der Waals surface area contributed by atoms with Gasteiger partial charge < -0.3 is 10.1 Å². The van der Waals surface area contributed by atoms with Crippen LogP contribution >= 0.6 is 0 Å². The lowest BCUT2D eigenvalue weighted by Gasteiger charge is -2.08. The number of hydrogen-bond donors (Lipinski definition) is 1. The fraction of sp³-hybridized carbons (Fsp3) is 0.0952. The fourth-order valence-corrected chi connectivity index (χ4v) is 2.92. The lowest BCUT2D eigenvalue weighted by atomic mass is 10.1. The second-order valence-corrected chi connectivity index (χ2v) is 6.10. The van der Waals surface area contributed by atoms with E-state index in [1.54, 1.807) is 25.7 Å². The van der Waals surface area contributed by atoms with Gasteiger partial charge in [0.05, 0.1) is 29.5 Å². The van der Waals surface area contributed by atoms with Gasteiger partial charge in [0.25, 0.3) is 5.91 Å². The van der Waals surface area contributed by atoms with E-state index in [-0.39, 0.29) is 5.91 Å². The van der Waals surface area contributed by atoms with Gasteiger partial charge in [0.1, 0.15) is 12.1 Å². The van der Waals surface area contributed by atoms with Gasteiger partial charge in [-0.2, -0.15) is 0 Å². The number of para-hydroxylation sites is 2. The third-order valence-electron chi connectivity index (χ3n) is 4.21. The lowest BCUT2D eigenvalue weighted by Crippen LogP contribution is -2.12. The van der Waals surface area contributed by atoms with Gasteiger partial charge in [0.2, 0.25) is 0 Å². The Morgan fingerprint density at radius 1 is 1.07 bits per heavy atom. The average molecular weight is 358 g/mol. The van der Waals surface area contributed by atoms with Crippen LogP contribution in [0.3, 0.4) is 0 Å². The van der Waals surface area contributed by atoms with Crippen LogP contribution < -0.4 is 5.32 Å². The Bertz CT molecular complexity index is 1090. The third kappa shape index (κ3) is 3.56. The monoisotopic (exact) mass is 358 g/mol. The zero-order valence-corrected chi connectivity index (χ0v) is 14.8. The number of methoxy groups -OCH3 is 1. The Balaban J connectivity index is 1.52. The SMILES string of the molecule is COCc1cccc(C(=O)Nc2ccc(-n3cnc4ccccc43)nc2)c1. The van der Waals surface area contributed by atoms with Crippen molar-refractivity contribution in [2.24, 2.45) is 0 Å². The first-order chi connectivity index (χ1) is 13.2. The zero-order chi connectivity index (χ0) is 18.6. The van der Waals surface area contributed by atoms with Crippen molar-refractivity contribution in [1.82, 2.24) is 14.5 Å². The molecule has 134 valence electrons. The minimum Gasteiger partial charge on any atom is -0.380 e. The molecular weight excluding hydrogens is 340 g/mol. The number of amides is 1. The molecule has 0 atom stereocenters. The summed E-state index contributed by atoms with van der Waals surface area (Å²) in [6, 6.07) is 18.9. The number of ether oxygens (including phenoxy) is 1. The molecule has 4 rings (SSSR count). The van der Waals surface area contributed by atoms with E-state index in [0.29, 0.717) is 17.9 Å². The number of pyridine rings is 1. The maximum atomic E-state index is 12.5. The quantitative estimate of drug-likeness (QED) is 0.589. The lowest BCUT2D eigenvalue weighted by molar-refractivity contribution is 0.102. The third-order valence-corrected chi connectivity index (χ3v) is 4.21. The Hall–Kier alpha value is -3.51. The highest BCUT2D eigenvalue weighted by molar-refractivity contribution is 6.04. The van der Waals surface area contributed by atoms with E-state index in [9.17, 15) is 4.79 Å². The topological polar surface area (TPSA) is 69.0 Å². The van der Waals surface area contributed by atoms with Crippen molar-refractivity contribution in [3.63, 3.8) is 0 Å². The first kappa shape index (κ1) is 16.9. The molecular formula is C21H18N4O2. The highest BCUT2D eigenvalue weighted by atomic mass is 16.5. The summed E-state index contributed by atoms with van der Waals surface area (Å²) in [5.41, 5.74) is 4.05. The van der Waals surface area contributed by atoms with Gasteiger partial charge in [-0.05, 0) is 42.0 Å². The molecule has 2 aromatic carbocycles. The standard InChI is InChI=1S/C21H18N4O2/c1-27-13-15-5-4-6-16(11-15)21(26)24-17-9-10-20(22-12-17)25-14-23-18-7-2-3-8-19(18)25/h2-12,14H,13H2,1H3,(H,24,26). The summed E-state index contributed by atoms with van der Waals surface area (Å²) in [5.74, 6) is 0.555. The maximum absolute atomic E-state index is 12.5. The van der Waals surface area contributed by atoms with E-state index in [1.165, 1.54) is 0 Å². The second kappa shape index (κ2) is 7.39. The number of carbonyl (C=O) groups is 1. The first-order valence-electron chi connectivity index (χ1n) is 8.52. The molecule has 2 heterocycles. The molecule has 0 saturated heterocycles. The van der Waals surface area contributed by atoms with Crippen LogP contribution in [-0.2, 0) is 11.3 Å². The van der Waals surface area contributed by atoms with Crippen LogP contribution in [0.25, 0.3) is 16.9 Å². The van der Waals surface area contributed by atoms with E-state index in [0.717, 1.165) is 22.4 Å². The highest BCUT2D eigenvalue weighted by Gasteiger charge is 2.09. The summed E-state index contributed by atoms with van der Waals surface area (Å²) in [6.07, 6.45) is 3.38. The van der Waals surface area contributed by atoms with Crippen LogP contribution in [-0.4, -0.2) is 27.6 Å². The first-order valence-corrected chi connectivity index (χ1v) is 8.52. The predicted molar refractivity (Wildman–Crippen MR) is 104 cm³/mol. The summed E-state index contributed by atoms with van der Waals surface area (Å²) in [7, 11) is 1.63. The number of imidazole rings is 1. The van der Waals surface area contributed by atoms with Crippen molar-refractivity contribution in [1.29, 1.82) is 0 Å². The number of benzene rings is 2. The number of carbonyl (C=O) groups excluding carboxylic acids is 1. The number of fused-ring (bicyclic) bond motifs is 1. The summed E-state index contributed by atoms with van der Waals surface area (Å²) in [5, 5.41) is 2.87. The summed E-state index contributed by atoms with van der Waals surface area (Å²) in [4.78, 5) is 21.3. The van der Waals surface area contributed by atoms with E-state index in [4.69, 9.17) is 4.74 Å². The molecule has 0 aliphatic carbocycles. The molecule has 27 heavy (non-hydrogen) atoms. The maximum Gasteiger partial charge on any atom is 0.255 e. The molecule has 0 saturated carbocycles. The fourth-order valence-electron chi connectivity index (χ4n) is 2.92. The van der Waals surface area contributed by atoms with Gasteiger partial charge in [-0.25, -0.2) is 9.97 Å². The van der Waals surface area contributed by atoms with Gasteiger partial charge >= 0.3 is 0 Å². The van der Waals surface area contributed by atoms with Crippen molar-refractivity contribution in [3.8, 4) is 5.82 Å². The molecule has 6 nitrogen and oxygen atoms in total. The number of hydrogen-bond acceptors (Lipinski definition) is 4. The van der Waals surface area contributed by atoms with Crippen LogP contribution in [0.2, 0.25) is 0 Å². The van der Waals surface area contributed by atoms with E-state index < -0.39 is 0 Å². The van der Waals surface area contributed by atoms with Crippen molar-refractivity contribution < 1.29 is 9.53 Å². The minimum absolute atomic E-state index is 0.185. The van der Waals surface area contributed by atoms with E-state index in [2.05, 4.69) is 15.3 Å². The Morgan fingerprint density at radius 2 is 1.96 bits per heavy atom. The van der Waals surface area contributed by atoms with Crippen LogP contribution in [0.4, 0.5) is 5.69 Å². The van der Waals surface area contributed by atoms with Crippen LogP contribution in [0.15, 0.2) is 73.2 Å². The van der Waals surface area contributed by atoms with Gasteiger partial charge in [-0.15, -0.1) is 0 Å². The van der Waals surface area contributed by atoms with Crippen molar-refractivity contribution in [2.45, 2.75) is 6.61 Å². The molecule has 6 heteroatoms. The highest BCUT2D eigenvalue weighted by Crippen LogP contribution is 2.18. The molecule has 4 aromatic rings. The summed E-state index contributed by atoms with van der Waals surface area (Å²) < 4.78 is 7.02. The largest absolute Gasteiger partial charge is 0.380 e. The summed E-state index contributed by atoms with van der Waals surface area (Å²) in [6.45, 7) is 0.468. The Labute approximate surface area is 156 Å². The Morgan fingerprint density at radius 3 is 2.78 bits per heavy atom. The minimum atomic E-state index is -0.185. The molecule has 0 unspecified atom stereocenters. The van der Waals surface area contributed by atoms with Crippen molar-refractivity contribution in [2.75, 3.05) is 12.4 Å². The summed E-state index contributed by atoms with van der Waals surface area (Å²) >= 11 is 0. The van der Waals surface area contributed by atoms with Crippen LogP contribution in [0.5, 0.6) is 0 Å². The molecule has 1 N–H and O–H groups in total. The van der Waals surface area contributed by atoms with Crippen molar-refractivity contribution in [3.05, 3.63) is 84.3 Å².